The van der Waals surface area contributed by atoms with E-state index in [4.69, 9.17) is 4.74 Å². The van der Waals surface area contributed by atoms with Gasteiger partial charge in [0.15, 0.2) is 6.61 Å². The third-order valence-corrected chi connectivity index (χ3v) is 4.26. The standard InChI is InChI=1S/C18H16IN3O6/c1-11-8-12(2-7-15(11)22(26)27)18(25)20-9-17(24)28-10-16(23)21-14-5-3-13(19)4-6-14/h2-8H,9-10H2,1H3,(H,20,25)(H,21,23). The molecule has 0 bridgehead atoms. The number of benzene rings is 2. The number of hydrogen-bond donors (Lipinski definition) is 2. The zero-order valence-electron chi connectivity index (χ0n) is 14.7. The highest BCUT2D eigenvalue weighted by atomic mass is 127. The van der Waals surface area contributed by atoms with Gasteiger partial charge >= 0.3 is 5.97 Å². The molecule has 9 nitrogen and oxygen atoms in total. The number of carbonyl (C=O) groups excluding carboxylic acids is 3. The van der Waals surface area contributed by atoms with Crippen LogP contribution in [-0.2, 0) is 14.3 Å². The number of nitrogens with zero attached hydrogens (tertiary/aromatic N) is 1. The van der Waals surface area contributed by atoms with Gasteiger partial charge in [-0.3, -0.25) is 24.5 Å². The van der Waals surface area contributed by atoms with Crippen LogP contribution in [0, 0.1) is 20.6 Å². The highest BCUT2D eigenvalue weighted by Crippen LogP contribution is 2.18. The van der Waals surface area contributed by atoms with Crippen LogP contribution in [0.1, 0.15) is 15.9 Å². The number of halogens is 1. The molecule has 0 fully saturated rings. The van der Waals surface area contributed by atoms with Crippen LogP contribution in [-0.4, -0.2) is 35.9 Å². The molecule has 10 heteroatoms. The number of anilines is 1. The molecule has 2 aromatic rings. The van der Waals surface area contributed by atoms with E-state index in [1.807, 2.05) is 12.1 Å². The summed E-state index contributed by atoms with van der Waals surface area (Å²) >= 11 is 2.13. The van der Waals surface area contributed by atoms with Crippen LogP contribution < -0.4 is 10.6 Å². The van der Waals surface area contributed by atoms with Crippen LogP contribution in [0.3, 0.4) is 0 Å². The van der Waals surface area contributed by atoms with E-state index in [0.717, 1.165) is 3.57 Å². The summed E-state index contributed by atoms with van der Waals surface area (Å²) in [6.45, 7) is 0.582. The van der Waals surface area contributed by atoms with Gasteiger partial charge < -0.3 is 15.4 Å². The lowest BCUT2D eigenvalue weighted by atomic mass is 10.1. The van der Waals surface area contributed by atoms with Crippen LogP contribution in [0.25, 0.3) is 0 Å². The Hall–Kier alpha value is -3.02. The molecule has 0 spiro atoms. The SMILES string of the molecule is Cc1cc(C(=O)NCC(=O)OCC(=O)Nc2ccc(I)cc2)ccc1[N+](=O)[O-]. The smallest absolute Gasteiger partial charge is 0.325 e. The molecular formula is C18H16IN3O6. The van der Waals surface area contributed by atoms with Gasteiger partial charge in [0, 0.05) is 26.5 Å². The van der Waals surface area contributed by atoms with Gasteiger partial charge in [-0.05, 0) is 65.9 Å². The molecule has 2 amide bonds. The number of hydrogen-bond acceptors (Lipinski definition) is 6. The largest absolute Gasteiger partial charge is 0.454 e. The van der Waals surface area contributed by atoms with Crippen molar-refractivity contribution in [2.24, 2.45) is 0 Å². The van der Waals surface area contributed by atoms with Crippen LogP contribution in [0.4, 0.5) is 11.4 Å². The number of nitro benzene ring substituents is 1. The zero-order chi connectivity index (χ0) is 20.7. The van der Waals surface area contributed by atoms with Crippen LogP contribution in [0.15, 0.2) is 42.5 Å². The molecule has 0 saturated carbocycles. The number of nitrogens with one attached hydrogen (secondary N) is 2. The zero-order valence-corrected chi connectivity index (χ0v) is 16.9. The number of aryl methyl sites for hydroxylation is 1. The van der Waals surface area contributed by atoms with Gasteiger partial charge in [0.2, 0.25) is 0 Å². The Morgan fingerprint density at radius 2 is 1.82 bits per heavy atom. The molecule has 28 heavy (non-hydrogen) atoms. The van der Waals surface area contributed by atoms with E-state index in [-0.39, 0.29) is 11.3 Å². The first-order valence-electron chi connectivity index (χ1n) is 8.00. The van der Waals surface area contributed by atoms with Crippen molar-refractivity contribution in [3.05, 3.63) is 67.3 Å². The lowest BCUT2D eigenvalue weighted by Crippen LogP contribution is -2.32. The average molecular weight is 497 g/mol. The Kier molecular flexibility index (Phi) is 7.44. The predicted octanol–water partition coefficient (Wildman–Crippen LogP) is 2.42. The minimum absolute atomic E-state index is 0.102. The van der Waals surface area contributed by atoms with Crippen LogP contribution in [0.5, 0.6) is 0 Å². The second kappa shape index (κ2) is 9.78. The second-order valence-corrected chi connectivity index (χ2v) is 6.90. The highest BCUT2D eigenvalue weighted by molar-refractivity contribution is 14.1. The van der Waals surface area contributed by atoms with Crippen LogP contribution in [0.2, 0.25) is 0 Å². The van der Waals surface area contributed by atoms with E-state index in [2.05, 4.69) is 33.2 Å². The second-order valence-electron chi connectivity index (χ2n) is 5.66. The summed E-state index contributed by atoms with van der Waals surface area (Å²) in [7, 11) is 0. The Morgan fingerprint density at radius 3 is 2.43 bits per heavy atom. The van der Waals surface area contributed by atoms with Crippen molar-refractivity contribution < 1.29 is 24.0 Å². The molecule has 2 rings (SSSR count). The predicted molar refractivity (Wildman–Crippen MR) is 109 cm³/mol. The molecule has 2 aromatic carbocycles. The van der Waals surface area contributed by atoms with Gasteiger partial charge in [-0.25, -0.2) is 0 Å². The van der Waals surface area contributed by atoms with E-state index in [1.54, 1.807) is 12.1 Å². The Labute approximate surface area is 173 Å². The summed E-state index contributed by atoms with van der Waals surface area (Å²) < 4.78 is 5.82. The first kappa shape index (κ1) is 21.3. The molecule has 0 saturated heterocycles. The van der Waals surface area contributed by atoms with Gasteiger partial charge in [-0.2, -0.15) is 0 Å². The first-order chi connectivity index (χ1) is 13.3. The van der Waals surface area contributed by atoms with Crippen LogP contribution >= 0.6 is 22.6 Å². The quantitative estimate of drug-likeness (QED) is 0.262. The monoisotopic (exact) mass is 497 g/mol. The Morgan fingerprint density at radius 1 is 1.14 bits per heavy atom. The average Bonchev–Trinajstić information content (AvgIpc) is 2.65. The lowest BCUT2D eigenvalue weighted by Gasteiger charge is -2.08. The molecule has 146 valence electrons. The summed E-state index contributed by atoms with van der Waals surface area (Å²) in [6, 6.07) is 10.9. The van der Waals surface area contributed by atoms with E-state index in [0.29, 0.717) is 11.3 Å². The first-order valence-corrected chi connectivity index (χ1v) is 9.08. The van der Waals surface area contributed by atoms with Gasteiger partial charge in [-0.15, -0.1) is 0 Å². The van der Waals surface area contributed by atoms with E-state index in [9.17, 15) is 24.5 Å². The fourth-order valence-corrected chi connectivity index (χ4v) is 2.54. The van der Waals surface area contributed by atoms with E-state index in [1.165, 1.54) is 25.1 Å². The summed E-state index contributed by atoms with van der Waals surface area (Å²) in [5, 5.41) is 15.7. The minimum Gasteiger partial charge on any atom is -0.454 e. The summed E-state index contributed by atoms with van der Waals surface area (Å²) in [4.78, 5) is 45.7. The maximum Gasteiger partial charge on any atom is 0.325 e. The third kappa shape index (κ3) is 6.30. The molecule has 0 radical (unpaired) electrons. The molecular weight excluding hydrogens is 481 g/mol. The fraction of sp³-hybridized carbons (Fsp3) is 0.167. The van der Waals surface area contributed by atoms with E-state index < -0.39 is 35.9 Å². The molecule has 0 aliphatic rings. The minimum atomic E-state index is -0.787. The molecule has 0 unspecified atom stereocenters. The fourth-order valence-electron chi connectivity index (χ4n) is 2.18. The summed E-state index contributed by atoms with van der Waals surface area (Å²) in [5.41, 5.74) is 0.971. The van der Waals surface area contributed by atoms with Crippen molar-refractivity contribution in [1.82, 2.24) is 5.32 Å². The molecule has 0 aromatic heterocycles. The van der Waals surface area contributed by atoms with Crippen molar-refractivity contribution >= 4 is 51.7 Å². The number of esters is 1. The maximum atomic E-state index is 12.0. The number of rotatable bonds is 7. The molecule has 0 aliphatic heterocycles. The third-order valence-electron chi connectivity index (χ3n) is 3.54. The number of nitro groups is 1. The number of ether oxygens (including phenoxy) is 1. The van der Waals surface area contributed by atoms with Gasteiger partial charge in [-0.1, -0.05) is 0 Å². The summed E-state index contributed by atoms with van der Waals surface area (Å²) in [6.07, 6.45) is 0. The Bertz CT molecular complexity index is 914. The number of carbonyl (C=O) groups is 3. The maximum absolute atomic E-state index is 12.0. The molecule has 0 aliphatic carbocycles. The van der Waals surface area contributed by atoms with Gasteiger partial charge in [0.1, 0.15) is 6.54 Å². The van der Waals surface area contributed by atoms with Crippen molar-refractivity contribution in [3.63, 3.8) is 0 Å². The van der Waals surface area contributed by atoms with E-state index >= 15 is 0 Å². The lowest BCUT2D eigenvalue weighted by molar-refractivity contribution is -0.385. The topological polar surface area (TPSA) is 128 Å². The van der Waals surface area contributed by atoms with Gasteiger partial charge in [0.25, 0.3) is 17.5 Å². The molecule has 0 atom stereocenters. The summed E-state index contributed by atoms with van der Waals surface area (Å²) in [5.74, 6) is -1.88. The molecule has 2 N–H and O–H groups in total. The number of amides is 2. The molecule has 0 heterocycles. The normalized spacial score (nSPS) is 10.1. The van der Waals surface area contributed by atoms with Crippen molar-refractivity contribution in [3.8, 4) is 0 Å². The van der Waals surface area contributed by atoms with Crippen molar-refractivity contribution in [2.75, 3.05) is 18.5 Å². The van der Waals surface area contributed by atoms with Gasteiger partial charge in [0.05, 0.1) is 4.92 Å². The Balaban J connectivity index is 1.78. The van der Waals surface area contributed by atoms with Crippen molar-refractivity contribution in [2.45, 2.75) is 6.92 Å². The highest BCUT2D eigenvalue weighted by Gasteiger charge is 2.15. The van der Waals surface area contributed by atoms with Crippen molar-refractivity contribution in [1.29, 1.82) is 0 Å².